The Morgan fingerprint density at radius 1 is 0.938 bits per heavy atom. The second-order valence-electron chi connectivity index (χ2n) is 3.33. The second-order valence-corrected chi connectivity index (χ2v) is 3.33. The van der Waals surface area contributed by atoms with Gasteiger partial charge in [-0.15, -0.1) is 0 Å². The molecular weight excluding hydrogens is 210 g/mol. The summed E-state index contributed by atoms with van der Waals surface area (Å²) in [5.41, 5.74) is 0.488. The zero-order valence-corrected chi connectivity index (χ0v) is 8.71. The summed E-state index contributed by atoms with van der Waals surface area (Å²) in [5.74, 6) is -1.07. The Morgan fingerprint density at radius 2 is 1.50 bits per heavy atom. The minimum atomic E-state index is -0.622. The summed E-state index contributed by atoms with van der Waals surface area (Å²) < 4.78 is 32.1. The van der Waals surface area contributed by atoms with Crippen LogP contribution >= 0.6 is 0 Å². The lowest BCUT2D eigenvalue weighted by atomic mass is 10.0. The molecule has 2 aromatic rings. The average molecular weight is 220 g/mol. The van der Waals surface area contributed by atoms with Gasteiger partial charge in [-0.1, -0.05) is 30.3 Å². The van der Waals surface area contributed by atoms with Crippen LogP contribution in [0, 0.1) is 11.6 Å². The van der Waals surface area contributed by atoms with Crippen LogP contribution < -0.4 is 4.74 Å². The predicted molar refractivity (Wildman–Crippen MR) is 58.3 cm³/mol. The van der Waals surface area contributed by atoms with Crippen molar-refractivity contribution in [2.75, 3.05) is 7.11 Å². The largest absolute Gasteiger partial charge is 0.497 e. The van der Waals surface area contributed by atoms with Gasteiger partial charge in [0.1, 0.15) is 17.4 Å². The molecule has 0 spiro atoms. The van der Waals surface area contributed by atoms with Crippen LogP contribution in [0.3, 0.4) is 0 Å². The van der Waals surface area contributed by atoms with Crippen molar-refractivity contribution in [3.05, 3.63) is 54.1 Å². The lowest BCUT2D eigenvalue weighted by molar-refractivity contribution is 0.407. The Kier molecular flexibility index (Phi) is 2.86. The maximum Gasteiger partial charge on any atom is 0.137 e. The third-order valence-corrected chi connectivity index (χ3v) is 2.31. The maximum absolute atomic E-state index is 13.7. The third kappa shape index (κ3) is 1.89. The van der Waals surface area contributed by atoms with Crippen molar-refractivity contribution in [1.82, 2.24) is 0 Å². The topological polar surface area (TPSA) is 9.23 Å². The van der Waals surface area contributed by atoms with E-state index in [0.29, 0.717) is 5.56 Å². The summed E-state index contributed by atoms with van der Waals surface area (Å²) in [6.07, 6.45) is 0. The summed E-state index contributed by atoms with van der Waals surface area (Å²) in [6.45, 7) is 0. The Morgan fingerprint density at radius 3 is 2.00 bits per heavy atom. The smallest absolute Gasteiger partial charge is 0.137 e. The molecule has 0 aliphatic rings. The predicted octanol–water partition coefficient (Wildman–Crippen LogP) is 3.64. The van der Waals surface area contributed by atoms with E-state index < -0.39 is 11.6 Å². The van der Waals surface area contributed by atoms with Gasteiger partial charge in [-0.25, -0.2) is 8.78 Å². The molecule has 0 unspecified atom stereocenters. The van der Waals surface area contributed by atoms with Crippen LogP contribution in [0.2, 0.25) is 0 Å². The number of benzene rings is 2. The van der Waals surface area contributed by atoms with Gasteiger partial charge >= 0.3 is 0 Å². The van der Waals surface area contributed by atoms with Gasteiger partial charge in [-0.05, 0) is 5.56 Å². The first-order chi connectivity index (χ1) is 7.72. The Balaban J connectivity index is 2.58. The van der Waals surface area contributed by atoms with Crippen molar-refractivity contribution < 1.29 is 13.5 Å². The summed E-state index contributed by atoms with van der Waals surface area (Å²) in [4.78, 5) is 0. The SMILES string of the molecule is COc1cc(F)c(-c2ccccc2)c(F)c1. The van der Waals surface area contributed by atoms with E-state index in [1.165, 1.54) is 19.2 Å². The van der Waals surface area contributed by atoms with E-state index in [1.54, 1.807) is 30.3 Å². The monoisotopic (exact) mass is 220 g/mol. The molecule has 2 rings (SSSR count). The molecule has 3 heteroatoms. The van der Waals surface area contributed by atoms with Crippen molar-refractivity contribution in [3.8, 4) is 16.9 Å². The van der Waals surface area contributed by atoms with Crippen molar-refractivity contribution in [2.24, 2.45) is 0 Å². The minimum absolute atomic E-state index is 0.0265. The van der Waals surface area contributed by atoms with Crippen LogP contribution in [0.1, 0.15) is 0 Å². The van der Waals surface area contributed by atoms with Gasteiger partial charge in [-0.2, -0.15) is 0 Å². The summed E-state index contributed by atoms with van der Waals surface area (Å²) in [7, 11) is 1.37. The van der Waals surface area contributed by atoms with Crippen LogP contribution in [-0.4, -0.2) is 7.11 Å². The standard InChI is InChI=1S/C13H10F2O/c1-16-10-7-11(14)13(12(15)8-10)9-5-3-2-4-6-9/h2-8H,1H3. The molecule has 0 radical (unpaired) electrons. The van der Waals surface area contributed by atoms with Gasteiger partial charge in [-0.3, -0.25) is 0 Å². The Hall–Kier alpha value is -1.90. The first-order valence-electron chi connectivity index (χ1n) is 4.81. The Bertz CT molecular complexity index is 472. The van der Waals surface area contributed by atoms with Gasteiger partial charge in [0.05, 0.1) is 12.7 Å². The van der Waals surface area contributed by atoms with Crippen LogP contribution in [0.4, 0.5) is 8.78 Å². The first kappa shape index (κ1) is 10.6. The van der Waals surface area contributed by atoms with Gasteiger partial charge in [0.15, 0.2) is 0 Å². The number of hydrogen-bond donors (Lipinski definition) is 0. The summed E-state index contributed by atoms with van der Waals surface area (Å²) >= 11 is 0. The molecule has 0 atom stereocenters. The van der Waals surface area contributed by atoms with Crippen molar-refractivity contribution in [3.63, 3.8) is 0 Å². The molecule has 1 nitrogen and oxygen atoms in total. The molecule has 16 heavy (non-hydrogen) atoms. The highest BCUT2D eigenvalue weighted by Gasteiger charge is 2.12. The number of rotatable bonds is 2. The van der Waals surface area contributed by atoms with Crippen LogP contribution in [0.25, 0.3) is 11.1 Å². The van der Waals surface area contributed by atoms with E-state index in [-0.39, 0.29) is 11.3 Å². The fourth-order valence-electron chi connectivity index (χ4n) is 1.55. The van der Waals surface area contributed by atoms with E-state index in [2.05, 4.69) is 0 Å². The highest BCUT2D eigenvalue weighted by molar-refractivity contribution is 5.65. The lowest BCUT2D eigenvalue weighted by Crippen LogP contribution is -1.92. The molecule has 82 valence electrons. The maximum atomic E-state index is 13.7. The van der Waals surface area contributed by atoms with Crippen molar-refractivity contribution >= 4 is 0 Å². The second kappa shape index (κ2) is 4.31. The molecule has 0 heterocycles. The zero-order chi connectivity index (χ0) is 11.5. The summed E-state index contributed by atoms with van der Waals surface area (Å²) in [5, 5.41) is 0. The molecule has 0 bridgehead atoms. The fraction of sp³-hybridized carbons (Fsp3) is 0.0769. The molecule has 0 saturated heterocycles. The Labute approximate surface area is 92.3 Å². The van der Waals surface area contributed by atoms with Crippen LogP contribution in [-0.2, 0) is 0 Å². The number of ether oxygens (including phenoxy) is 1. The van der Waals surface area contributed by atoms with E-state index in [1.807, 2.05) is 0 Å². The quantitative estimate of drug-likeness (QED) is 0.750. The van der Waals surface area contributed by atoms with Gasteiger partial charge in [0, 0.05) is 12.1 Å². The number of methoxy groups -OCH3 is 1. The van der Waals surface area contributed by atoms with E-state index in [9.17, 15) is 8.78 Å². The number of hydrogen-bond acceptors (Lipinski definition) is 1. The molecule has 0 amide bonds. The number of halogens is 2. The molecule has 0 aromatic heterocycles. The van der Waals surface area contributed by atoms with Gasteiger partial charge in [0.2, 0.25) is 0 Å². The molecule has 0 saturated carbocycles. The minimum Gasteiger partial charge on any atom is -0.497 e. The molecular formula is C13H10F2O. The third-order valence-electron chi connectivity index (χ3n) is 2.31. The van der Waals surface area contributed by atoms with Crippen molar-refractivity contribution in [1.29, 1.82) is 0 Å². The van der Waals surface area contributed by atoms with Crippen LogP contribution in [0.15, 0.2) is 42.5 Å². The fourth-order valence-corrected chi connectivity index (χ4v) is 1.55. The first-order valence-corrected chi connectivity index (χ1v) is 4.81. The average Bonchev–Trinajstić information content (AvgIpc) is 2.29. The van der Waals surface area contributed by atoms with E-state index >= 15 is 0 Å². The molecule has 0 fully saturated rings. The van der Waals surface area contributed by atoms with Crippen molar-refractivity contribution in [2.45, 2.75) is 0 Å². The van der Waals surface area contributed by atoms with Gasteiger partial charge in [0.25, 0.3) is 0 Å². The molecule has 0 aliphatic heterocycles. The van der Waals surface area contributed by atoms with E-state index in [0.717, 1.165) is 0 Å². The van der Waals surface area contributed by atoms with E-state index in [4.69, 9.17) is 4.74 Å². The zero-order valence-electron chi connectivity index (χ0n) is 8.71. The highest BCUT2D eigenvalue weighted by Crippen LogP contribution is 2.29. The molecule has 2 aromatic carbocycles. The lowest BCUT2D eigenvalue weighted by Gasteiger charge is -2.07. The summed E-state index contributed by atoms with van der Waals surface area (Å²) in [6, 6.07) is 10.9. The van der Waals surface area contributed by atoms with Crippen LogP contribution in [0.5, 0.6) is 5.75 Å². The highest BCUT2D eigenvalue weighted by atomic mass is 19.1. The van der Waals surface area contributed by atoms with Gasteiger partial charge < -0.3 is 4.74 Å². The molecule has 0 aliphatic carbocycles. The molecule has 0 N–H and O–H groups in total. The normalized spacial score (nSPS) is 10.2.